The molecule has 3 aliphatic heterocycles. The zero-order valence-corrected chi connectivity index (χ0v) is 18.2. The Labute approximate surface area is 182 Å². The highest BCUT2D eigenvalue weighted by atomic mass is 32.2. The molecule has 0 aliphatic carbocycles. The number of piperidine rings is 1. The third kappa shape index (κ3) is 3.57. The number of hydrogen-bond donors (Lipinski definition) is 0. The summed E-state index contributed by atoms with van der Waals surface area (Å²) in [4.78, 5) is 13.0. The Hall–Kier alpha value is -2.58. The van der Waals surface area contributed by atoms with Crippen LogP contribution in [0.1, 0.15) is 42.1 Å². The van der Waals surface area contributed by atoms with Crippen LogP contribution in [0.2, 0.25) is 0 Å². The minimum Gasteiger partial charge on any atom is -0.486 e. The Bertz CT molecular complexity index is 1130. The van der Waals surface area contributed by atoms with Crippen LogP contribution >= 0.6 is 0 Å². The van der Waals surface area contributed by atoms with Gasteiger partial charge in [0.05, 0.1) is 16.9 Å². The van der Waals surface area contributed by atoms with Gasteiger partial charge in [-0.1, -0.05) is 13.0 Å². The van der Waals surface area contributed by atoms with E-state index in [0.717, 1.165) is 12.0 Å². The summed E-state index contributed by atoms with van der Waals surface area (Å²) in [5, 5.41) is 0. The normalized spacial score (nSPS) is 20.2. The molecule has 7 nitrogen and oxygen atoms in total. The van der Waals surface area contributed by atoms with Gasteiger partial charge < -0.3 is 14.2 Å². The maximum absolute atomic E-state index is 13.2. The predicted molar refractivity (Wildman–Crippen MR) is 114 cm³/mol. The molecule has 1 saturated heterocycles. The molecule has 3 heterocycles. The van der Waals surface area contributed by atoms with E-state index in [9.17, 15) is 13.2 Å². The minimum absolute atomic E-state index is 0.0692. The second-order valence-corrected chi connectivity index (χ2v) is 10.2. The Morgan fingerprint density at radius 1 is 0.968 bits per heavy atom. The summed E-state index contributed by atoms with van der Waals surface area (Å²) in [5.41, 5.74) is 1.10. The van der Waals surface area contributed by atoms with Gasteiger partial charge in [-0.25, -0.2) is 8.42 Å². The predicted octanol–water partition coefficient (Wildman–Crippen LogP) is 3.21. The van der Waals surface area contributed by atoms with Gasteiger partial charge in [0, 0.05) is 32.0 Å². The number of fused-ring (bicyclic) bond motifs is 2. The van der Waals surface area contributed by atoms with Crippen LogP contribution in [0.4, 0.5) is 0 Å². The van der Waals surface area contributed by atoms with Gasteiger partial charge in [-0.15, -0.1) is 0 Å². The van der Waals surface area contributed by atoms with Crippen LogP contribution in [0.3, 0.4) is 0 Å². The van der Waals surface area contributed by atoms with Gasteiger partial charge in [0.1, 0.15) is 24.6 Å². The number of sulfonamides is 1. The molecule has 0 saturated carbocycles. The van der Waals surface area contributed by atoms with Crippen LogP contribution in [0, 0.1) is 0 Å². The molecular formula is C23H25NO6S. The van der Waals surface area contributed by atoms with Gasteiger partial charge in [-0.2, -0.15) is 4.31 Å². The minimum atomic E-state index is -3.68. The van der Waals surface area contributed by atoms with Gasteiger partial charge >= 0.3 is 0 Å². The largest absolute Gasteiger partial charge is 0.486 e. The zero-order valence-electron chi connectivity index (χ0n) is 17.4. The quantitative estimate of drug-likeness (QED) is 0.725. The summed E-state index contributed by atoms with van der Waals surface area (Å²) >= 11 is 0. The average molecular weight is 444 g/mol. The lowest BCUT2D eigenvalue weighted by molar-refractivity contribution is 0.00588. The fourth-order valence-corrected chi connectivity index (χ4v) is 5.96. The molecule has 2 aromatic carbocycles. The molecule has 31 heavy (non-hydrogen) atoms. The molecule has 0 amide bonds. The van der Waals surface area contributed by atoms with Gasteiger partial charge in [-0.05, 0) is 36.2 Å². The Balaban J connectivity index is 1.33. The van der Waals surface area contributed by atoms with Crippen LogP contribution in [0.15, 0.2) is 41.3 Å². The fraction of sp³-hybridized carbons (Fsp3) is 0.435. The first-order valence-corrected chi connectivity index (χ1v) is 12.1. The van der Waals surface area contributed by atoms with E-state index < -0.39 is 15.6 Å². The molecule has 1 spiro atoms. The van der Waals surface area contributed by atoms with Crippen molar-refractivity contribution in [2.75, 3.05) is 26.3 Å². The van der Waals surface area contributed by atoms with Crippen molar-refractivity contribution < 1.29 is 27.4 Å². The number of carbonyl (C=O) groups is 1. The van der Waals surface area contributed by atoms with Crippen LogP contribution in [0.5, 0.6) is 17.2 Å². The first-order valence-electron chi connectivity index (χ1n) is 10.7. The van der Waals surface area contributed by atoms with E-state index >= 15 is 0 Å². The Kier molecular flexibility index (Phi) is 4.94. The summed E-state index contributed by atoms with van der Waals surface area (Å²) in [7, 11) is -3.68. The van der Waals surface area contributed by atoms with Gasteiger partial charge in [-0.3, -0.25) is 4.79 Å². The lowest BCUT2D eigenvalue weighted by Crippen LogP contribution is -2.52. The molecule has 0 radical (unpaired) electrons. The zero-order chi connectivity index (χ0) is 21.6. The Morgan fingerprint density at radius 3 is 2.42 bits per heavy atom. The number of benzene rings is 2. The van der Waals surface area contributed by atoms with Crippen molar-refractivity contribution in [1.82, 2.24) is 4.31 Å². The Morgan fingerprint density at radius 2 is 1.68 bits per heavy atom. The molecule has 8 heteroatoms. The van der Waals surface area contributed by atoms with Crippen molar-refractivity contribution in [3.8, 4) is 17.2 Å². The molecule has 0 bridgehead atoms. The number of hydrogen-bond acceptors (Lipinski definition) is 6. The van der Waals surface area contributed by atoms with E-state index in [1.807, 2.05) is 18.2 Å². The fourth-order valence-electron chi connectivity index (χ4n) is 4.51. The van der Waals surface area contributed by atoms with Crippen LogP contribution in [-0.2, 0) is 16.4 Å². The number of carbonyl (C=O) groups excluding carboxylic acids is 1. The van der Waals surface area contributed by atoms with Crippen molar-refractivity contribution in [2.45, 2.75) is 43.1 Å². The second-order valence-electron chi connectivity index (χ2n) is 8.28. The van der Waals surface area contributed by atoms with Crippen molar-refractivity contribution in [3.63, 3.8) is 0 Å². The van der Waals surface area contributed by atoms with E-state index in [-0.39, 0.29) is 17.1 Å². The summed E-state index contributed by atoms with van der Waals surface area (Å²) in [6.45, 7) is 3.50. The maximum atomic E-state index is 13.2. The molecule has 164 valence electrons. The lowest BCUT2D eigenvalue weighted by Gasteiger charge is -2.43. The third-order valence-electron chi connectivity index (χ3n) is 6.35. The van der Waals surface area contributed by atoms with Crippen LogP contribution < -0.4 is 14.2 Å². The average Bonchev–Trinajstić information content (AvgIpc) is 2.79. The number of nitrogens with zero attached hydrogens (tertiary/aromatic N) is 1. The maximum Gasteiger partial charge on any atom is 0.243 e. The molecule has 2 aromatic rings. The summed E-state index contributed by atoms with van der Waals surface area (Å²) in [5.74, 6) is 1.68. The summed E-state index contributed by atoms with van der Waals surface area (Å²) < 4.78 is 45.2. The standard InChI is InChI=1S/C23H25NO6S/c1-2-16-3-5-20-18(13-16)19(25)15-23(30-20)7-9-24(10-8-23)31(26,27)17-4-6-21-22(14-17)29-12-11-28-21/h3-6,13-14H,2,7-12,15H2,1H3. The third-order valence-corrected chi connectivity index (χ3v) is 8.24. The van der Waals surface area contributed by atoms with E-state index in [4.69, 9.17) is 14.2 Å². The topological polar surface area (TPSA) is 82.1 Å². The number of rotatable bonds is 3. The van der Waals surface area contributed by atoms with Gasteiger partial charge in [0.15, 0.2) is 17.3 Å². The van der Waals surface area contributed by atoms with E-state index in [1.54, 1.807) is 12.1 Å². The highest BCUT2D eigenvalue weighted by Gasteiger charge is 2.45. The molecule has 0 N–H and O–H groups in total. The molecule has 0 aromatic heterocycles. The van der Waals surface area contributed by atoms with E-state index in [2.05, 4.69) is 6.92 Å². The van der Waals surface area contributed by atoms with E-state index in [1.165, 1.54) is 10.4 Å². The van der Waals surface area contributed by atoms with Crippen LogP contribution in [0.25, 0.3) is 0 Å². The molecule has 5 rings (SSSR count). The second kappa shape index (κ2) is 7.53. The monoisotopic (exact) mass is 443 g/mol. The van der Waals surface area contributed by atoms with Crippen molar-refractivity contribution in [3.05, 3.63) is 47.5 Å². The number of ether oxygens (including phenoxy) is 3. The van der Waals surface area contributed by atoms with E-state index in [0.29, 0.717) is 62.0 Å². The molecule has 3 aliphatic rings. The number of Topliss-reactive ketones (excluding diaryl/α,β-unsaturated/α-hetero) is 1. The first-order chi connectivity index (χ1) is 14.9. The summed E-state index contributed by atoms with van der Waals surface area (Å²) in [6.07, 6.45) is 2.08. The van der Waals surface area contributed by atoms with Crippen molar-refractivity contribution >= 4 is 15.8 Å². The highest BCUT2D eigenvalue weighted by molar-refractivity contribution is 7.89. The van der Waals surface area contributed by atoms with Crippen LogP contribution in [-0.4, -0.2) is 50.4 Å². The van der Waals surface area contributed by atoms with Gasteiger partial charge in [0.2, 0.25) is 10.0 Å². The van der Waals surface area contributed by atoms with Crippen molar-refractivity contribution in [2.24, 2.45) is 0 Å². The molecule has 0 atom stereocenters. The first kappa shape index (κ1) is 20.3. The SMILES string of the molecule is CCc1ccc2c(c1)C(=O)CC1(CCN(S(=O)(=O)c3ccc4c(c3)OCCO4)CC1)O2. The molecule has 1 fully saturated rings. The lowest BCUT2D eigenvalue weighted by atomic mass is 9.82. The van der Waals surface area contributed by atoms with Gasteiger partial charge in [0.25, 0.3) is 0 Å². The smallest absolute Gasteiger partial charge is 0.243 e. The molecular weight excluding hydrogens is 418 g/mol. The molecule has 0 unspecified atom stereocenters. The highest BCUT2D eigenvalue weighted by Crippen LogP contribution is 2.41. The number of ketones is 1. The summed E-state index contributed by atoms with van der Waals surface area (Å²) in [6, 6.07) is 10.5. The van der Waals surface area contributed by atoms with Crippen molar-refractivity contribution in [1.29, 1.82) is 0 Å². The number of aryl methyl sites for hydroxylation is 1.